The summed E-state index contributed by atoms with van der Waals surface area (Å²) in [5.41, 5.74) is 16.5. The van der Waals surface area contributed by atoms with E-state index in [1.807, 2.05) is 0 Å². The SMILES string of the molecule is c1cc(N(c2ccc(C3CCCCC3)cc2)c2ccc3c(ccc4c5ccc6oc7c8ccc(N(c9ccc(C%10CCCCC%10)cc9)c9ccc(C%10CCCCC%10)cc9)cc8ccc7c6c5oc34)c2)ccc1C1CCCCC1. The molecule has 2 heterocycles. The molecule has 4 aliphatic rings. The summed E-state index contributed by atoms with van der Waals surface area (Å²) < 4.78 is 14.0. The van der Waals surface area contributed by atoms with Crippen molar-refractivity contribution < 1.29 is 8.83 Å². The van der Waals surface area contributed by atoms with Crippen molar-refractivity contribution in [1.29, 1.82) is 0 Å². The van der Waals surface area contributed by atoms with Crippen LogP contribution < -0.4 is 9.80 Å². The zero-order chi connectivity index (χ0) is 51.5. The van der Waals surface area contributed by atoms with E-state index in [4.69, 9.17) is 8.83 Å². The third-order valence-electron chi connectivity index (χ3n) is 19.4. The van der Waals surface area contributed by atoms with Crippen molar-refractivity contribution in [3.8, 4) is 0 Å². The van der Waals surface area contributed by atoms with Crippen molar-refractivity contribution in [2.24, 2.45) is 0 Å². The average molecular weight is 1020 g/mol. The first kappa shape index (κ1) is 47.9. The van der Waals surface area contributed by atoms with Crippen molar-refractivity contribution in [3.63, 3.8) is 0 Å². The highest BCUT2D eigenvalue weighted by Crippen LogP contribution is 2.47. The molecule has 0 bridgehead atoms. The minimum absolute atomic E-state index is 0.673. The van der Waals surface area contributed by atoms with Crippen LogP contribution in [0.25, 0.3) is 65.4 Å². The van der Waals surface area contributed by atoms with Crippen molar-refractivity contribution in [2.45, 2.75) is 152 Å². The lowest BCUT2D eigenvalue weighted by molar-refractivity contribution is 0.443. The second-order valence-corrected chi connectivity index (χ2v) is 24.1. The number of hydrogen-bond donors (Lipinski definition) is 0. The quantitative estimate of drug-likeness (QED) is 0.137. The molecule has 0 spiro atoms. The Morgan fingerprint density at radius 3 is 0.949 bits per heavy atom. The van der Waals surface area contributed by atoms with Crippen molar-refractivity contribution in [1.82, 2.24) is 0 Å². The topological polar surface area (TPSA) is 32.8 Å². The van der Waals surface area contributed by atoms with Gasteiger partial charge in [0.25, 0.3) is 0 Å². The number of anilines is 6. The maximum atomic E-state index is 7.13. The molecule has 4 aliphatic carbocycles. The fraction of sp³-hybridized carbons (Fsp3) is 0.324. The summed E-state index contributed by atoms with van der Waals surface area (Å²) in [5.74, 6) is 2.69. The largest absolute Gasteiger partial charge is 0.455 e. The van der Waals surface area contributed by atoms with Crippen LogP contribution in [0.1, 0.15) is 174 Å². The van der Waals surface area contributed by atoms with Crippen molar-refractivity contribution in [3.05, 3.63) is 192 Å². The fourth-order valence-electron chi connectivity index (χ4n) is 15.1. The molecule has 4 nitrogen and oxygen atoms in total. The molecule has 390 valence electrons. The first-order valence-electron chi connectivity index (χ1n) is 30.3. The summed E-state index contributed by atoms with van der Waals surface area (Å²) in [4.78, 5) is 4.90. The second-order valence-electron chi connectivity index (χ2n) is 24.1. The minimum atomic E-state index is 0.673. The fourth-order valence-corrected chi connectivity index (χ4v) is 15.1. The zero-order valence-corrected chi connectivity index (χ0v) is 45.3. The van der Waals surface area contributed by atoms with Crippen LogP contribution in [0, 0.1) is 0 Å². The molecule has 0 aliphatic heterocycles. The van der Waals surface area contributed by atoms with E-state index in [9.17, 15) is 0 Å². The lowest BCUT2D eigenvalue weighted by Gasteiger charge is -2.28. The van der Waals surface area contributed by atoms with E-state index in [1.165, 1.54) is 173 Å². The van der Waals surface area contributed by atoms with Crippen LogP contribution in [0.3, 0.4) is 0 Å². The molecule has 11 aromatic rings. The Labute approximate surface area is 460 Å². The van der Waals surface area contributed by atoms with Gasteiger partial charge in [0.2, 0.25) is 0 Å². The zero-order valence-electron chi connectivity index (χ0n) is 45.3. The summed E-state index contributed by atoms with van der Waals surface area (Å²) in [5, 5.41) is 8.87. The summed E-state index contributed by atoms with van der Waals surface area (Å²) in [6.07, 6.45) is 26.7. The van der Waals surface area contributed by atoms with E-state index in [1.54, 1.807) is 0 Å². The van der Waals surface area contributed by atoms with Crippen LogP contribution in [-0.4, -0.2) is 0 Å². The van der Waals surface area contributed by atoms with Crippen LogP contribution in [0.2, 0.25) is 0 Å². The van der Waals surface area contributed by atoms with Gasteiger partial charge in [-0.1, -0.05) is 138 Å². The molecule has 4 fully saturated rings. The van der Waals surface area contributed by atoms with Gasteiger partial charge in [-0.3, -0.25) is 0 Å². The first-order valence-corrected chi connectivity index (χ1v) is 30.3. The molecule has 4 saturated carbocycles. The number of benzene rings is 9. The van der Waals surface area contributed by atoms with Gasteiger partial charge in [-0.15, -0.1) is 0 Å². The van der Waals surface area contributed by atoms with Gasteiger partial charge in [0.1, 0.15) is 22.3 Å². The summed E-state index contributed by atoms with van der Waals surface area (Å²) in [7, 11) is 0. The normalized spacial score (nSPS) is 17.5. The Morgan fingerprint density at radius 1 is 0.256 bits per heavy atom. The maximum absolute atomic E-state index is 7.13. The van der Waals surface area contributed by atoms with Gasteiger partial charge in [-0.05, 0) is 217 Å². The van der Waals surface area contributed by atoms with Crippen LogP contribution >= 0.6 is 0 Å². The van der Waals surface area contributed by atoms with Gasteiger partial charge in [0, 0.05) is 61.1 Å². The Hall–Kier alpha value is -7.30. The second kappa shape index (κ2) is 20.5. The van der Waals surface area contributed by atoms with E-state index in [0.29, 0.717) is 23.7 Å². The van der Waals surface area contributed by atoms with Crippen LogP contribution in [0.4, 0.5) is 34.1 Å². The molecular formula is C74H72N2O2. The Bertz CT molecular complexity index is 3810. The van der Waals surface area contributed by atoms with E-state index >= 15 is 0 Å². The van der Waals surface area contributed by atoms with Crippen LogP contribution in [0.15, 0.2) is 179 Å². The standard InChI is InChI=1S/C74H72N2O2/c1-5-13-49(14-6-1)53-21-31-59(32-22-53)75(60-33-23-54(24-34-60)50-15-7-2-8-16-50)63-39-43-65-57(47-63)29-41-67-68-45-46-70-71(74(68)78-72(65)67)69-42-30-58-48-64(40-44-66(58)73(69)77-70)76(61-35-25-55(26-36-61)51-17-9-3-10-18-51)62-37-27-56(28-38-62)52-19-11-4-12-20-52/h21-52H,1-20H2. The molecule has 4 heteroatoms. The van der Waals surface area contributed by atoms with Gasteiger partial charge in [-0.25, -0.2) is 0 Å². The molecule has 0 atom stereocenters. The average Bonchev–Trinajstić information content (AvgIpc) is 4.17. The molecule has 0 amide bonds. The molecule has 15 rings (SSSR count). The number of nitrogens with zero attached hydrogens (tertiary/aromatic N) is 2. The van der Waals surface area contributed by atoms with E-state index < -0.39 is 0 Å². The third-order valence-corrected chi connectivity index (χ3v) is 19.4. The molecule has 0 N–H and O–H groups in total. The van der Waals surface area contributed by atoms with Gasteiger partial charge in [0.05, 0.1) is 5.39 Å². The predicted octanol–water partition coefficient (Wildman–Crippen LogP) is 22.9. The third kappa shape index (κ3) is 8.75. The van der Waals surface area contributed by atoms with Gasteiger partial charge >= 0.3 is 0 Å². The molecular weight excluding hydrogens is 949 g/mol. The highest BCUT2D eigenvalue weighted by Gasteiger charge is 2.25. The van der Waals surface area contributed by atoms with Crippen LogP contribution in [0.5, 0.6) is 0 Å². The lowest BCUT2D eigenvalue weighted by Crippen LogP contribution is -2.11. The molecule has 0 radical (unpaired) electrons. The summed E-state index contributed by atoms with van der Waals surface area (Å²) >= 11 is 0. The molecule has 2 aromatic heterocycles. The molecule has 0 unspecified atom stereocenters. The Kier molecular flexibility index (Phi) is 12.6. The molecule has 9 aromatic carbocycles. The summed E-state index contributed by atoms with van der Waals surface area (Å²) in [6, 6.07) is 65.3. The van der Waals surface area contributed by atoms with Gasteiger partial charge in [-0.2, -0.15) is 0 Å². The highest BCUT2D eigenvalue weighted by molar-refractivity contribution is 6.27. The number of fused-ring (bicyclic) bond motifs is 11. The molecule has 0 saturated heterocycles. The molecule has 78 heavy (non-hydrogen) atoms. The Morgan fingerprint density at radius 2 is 0.564 bits per heavy atom. The van der Waals surface area contributed by atoms with Gasteiger partial charge in [0.15, 0.2) is 0 Å². The van der Waals surface area contributed by atoms with E-state index in [0.717, 1.165) is 76.8 Å². The van der Waals surface area contributed by atoms with Crippen molar-refractivity contribution in [2.75, 3.05) is 9.80 Å². The smallest absolute Gasteiger partial charge is 0.147 e. The van der Waals surface area contributed by atoms with Gasteiger partial charge < -0.3 is 18.6 Å². The maximum Gasteiger partial charge on any atom is 0.147 e. The number of furan rings is 2. The lowest BCUT2D eigenvalue weighted by atomic mass is 9.84. The van der Waals surface area contributed by atoms with Crippen LogP contribution in [-0.2, 0) is 0 Å². The number of rotatable bonds is 10. The highest BCUT2D eigenvalue weighted by atomic mass is 16.3. The van der Waals surface area contributed by atoms with E-state index in [2.05, 4.69) is 180 Å². The van der Waals surface area contributed by atoms with E-state index in [-0.39, 0.29) is 0 Å². The minimum Gasteiger partial charge on any atom is -0.455 e. The number of hydrogen-bond acceptors (Lipinski definition) is 4. The first-order chi connectivity index (χ1) is 38.6. The predicted molar refractivity (Wildman–Crippen MR) is 329 cm³/mol. The Balaban J connectivity index is 0.789. The summed E-state index contributed by atoms with van der Waals surface area (Å²) in [6.45, 7) is 0. The monoisotopic (exact) mass is 1020 g/mol. The van der Waals surface area contributed by atoms with Crippen molar-refractivity contribution >= 4 is 99.5 Å².